The minimum atomic E-state index is -0.637. The number of carbonyl (C=O) groups is 1. The first-order chi connectivity index (χ1) is 14.0. The largest absolute Gasteiger partial charge is 0.338 e. The predicted molar refractivity (Wildman–Crippen MR) is 100 cm³/mol. The van der Waals surface area contributed by atoms with E-state index in [4.69, 9.17) is 0 Å². The molecule has 29 heavy (non-hydrogen) atoms. The summed E-state index contributed by atoms with van der Waals surface area (Å²) >= 11 is 0. The maximum absolute atomic E-state index is 14.2. The van der Waals surface area contributed by atoms with Gasteiger partial charge in [0.25, 0.3) is 0 Å². The number of fused-ring (bicyclic) bond motifs is 1. The van der Waals surface area contributed by atoms with Crippen LogP contribution in [0.1, 0.15) is 29.3 Å². The summed E-state index contributed by atoms with van der Waals surface area (Å²) in [6.45, 7) is 2.54. The molecular weight excluding hydrogens is 376 g/mol. The van der Waals surface area contributed by atoms with Crippen LogP contribution in [0, 0.1) is 23.0 Å². The minimum Gasteiger partial charge on any atom is -0.338 e. The number of nitriles is 1. The third kappa shape index (κ3) is 3.59. The molecule has 0 unspecified atom stereocenters. The summed E-state index contributed by atoms with van der Waals surface area (Å²) in [5.74, 6) is -1.32. The number of hydrogen-bond acceptors (Lipinski definition) is 4. The van der Waals surface area contributed by atoms with Crippen LogP contribution < -0.4 is 0 Å². The molecule has 6 nitrogen and oxygen atoms in total. The van der Waals surface area contributed by atoms with Gasteiger partial charge < -0.3 is 4.90 Å². The first-order valence-electron chi connectivity index (χ1n) is 9.11. The summed E-state index contributed by atoms with van der Waals surface area (Å²) in [5.41, 5.74) is 3.55. The highest BCUT2D eigenvalue weighted by Crippen LogP contribution is 2.30. The van der Waals surface area contributed by atoms with E-state index in [1.54, 1.807) is 21.7 Å². The van der Waals surface area contributed by atoms with Crippen LogP contribution in [0.2, 0.25) is 0 Å². The zero-order valence-electron chi connectivity index (χ0n) is 15.7. The van der Waals surface area contributed by atoms with Crippen molar-refractivity contribution in [3.8, 4) is 17.5 Å². The number of hydrogen-bond donors (Lipinski definition) is 0. The molecule has 146 valence electrons. The van der Waals surface area contributed by atoms with Crippen molar-refractivity contribution in [3.63, 3.8) is 0 Å². The summed E-state index contributed by atoms with van der Waals surface area (Å²) in [6, 6.07) is 8.78. The molecule has 0 spiro atoms. The number of halogens is 2. The molecule has 1 aliphatic rings. The van der Waals surface area contributed by atoms with Crippen molar-refractivity contribution >= 4 is 5.91 Å². The second kappa shape index (κ2) is 7.43. The molecule has 4 rings (SSSR count). The van der Waals surface area contributed by atoms with Gasteiger partial charge in [0, 0.05) is 55.5 Å². The van der Waals surface area contributed by atoms with E-state index in [1.807, 2.05) is 0 Å². The zero-order valence-corrected chi connectivity index (χ0v) is 15.7. The summed E-state index contributed by atoms with van der Waals surface area (Å²) in [5, 5.41) is 13.8. The van der Waals surface area contributed by atoms with Gasteiger partial charge in [-0.1, -0.05) is 6.07 Å². The lowest BCUT2D eigenvalue weighted by molar-refractivity contribution is -0.129. The predicted octanol–water partition coefficient (Wildman–Crippen LogP) is 3.05. The molecule has 1 aliphatic heterocycles. The molecule has 0 atom stereocenters. The summed E-state index contributed by atoms with van der Waals surface area (Å²) in [7, 11) is 0. The van der Waals surface area contributed by atoms with Crippen LogP contribution in [-0.4, -0.2) is 32.1 Å². The molecule has 0 saturated carbocycles. The molecular formula is C21H17F2N5O. The van der Waals surface area contributed by atoms with Gasteiger partial charge in [-0.2, -0.15) is 10.4 Å². The summed E-state index contributed by atoms with van der Waals surface area (Å²) in [4.78, 5) is 17.9. The van der Waals surface area contributed by atoms with Crippen molar-refractivity contribution < 1.29 is 13.6 Å². The van der Waals surface area contributed by atoms with Gasteiger partial charge in [0.05, 0.1) is 23.9 Å². The van der Waals surface area contributed by atoms with Gasteiger partial charge in [-0.3, -0.25) is 14.5 Å². The van der Waals surface area contributed by atoms with E-state index < -0.39 is 11.6 Å². The third-order valence-corrected chi connectivity index (χ3v) is 5.05. The van der Waals surface area contributed by atoms with Gasteiger partial charge in [-0.25, -0.2) is 8.78 Å². The Kier molecular flexibility index (Phi) is 4.80. The standard InChI is InChI=1S/C21H17F2N5O/c1-13(29)27-7-5-20-17(12-27)21(19-8-14(10-24)4-6-25-19)26-28(20)11-15-2-3-16(22)9-18(15)23/h2-4,6,8-9H,5,7,11-12H2,1H3. The number of amides is 1. The Morgan fingerprint density at radius 2 is 2.10 bits per heavy atom. The molecule has 0 saturated heterocycles. The third-order valence-electron chi connectivity index (χ3n) is 5.05. The Morgan fingerprint density at radius 3 is 2.83 bits per heavy atom. The van der Waals surface area contributed by atoms with Crippen LogP contribution in [0.25, 0.3) is 11.4 Å². The van der Waals surface area contributed by atoms with Crippen molar-refractivity contribution in [1.82, 2.24) is 19.7 Å². The SMILES string of the molecule is CC(=O)N1CCc2c(c(-c3cc(C#N)ccn3)nn2Cc2ccc(F)cc2F)C1. The lowest BCUT2D eigenvalue weighted by Crippen LogP contribution is -2.34. The smallest absolute Gasteiger partial charge is 0.219 e. The van der Waals surface area contributed by atoms with E-state index in [9.17, 15) is 18.8 Å². The van der Waals surface area contributed by atoms with Crippen molar-refractivity contribution in [1.29, 1.82) is 5.26 Å². The van der Waals surface area contributed by atoms with E-state index >= 15 is 0 Å². The minimum absolute atomic E-state index is 0.0438. The maximum Gasteiger partial charge on any atom is 0.219 e. The first-order valence-corrected chi connectivity index (χ1v) is 9.11. The van der Waals surface area contributed by atoms with Gasteiger partial charge in [-0.15, -0.1) is 0 Å². The van der Waals surface area contributed by atoms with Crippen molar-refractivity contribution in [3.05, 3.63) is 70.5 Å². The highest BCUT2D eigenvalue weighted by atomic mass is 19.1. The lowest BCUT2D eigenvalue weighted by Gasteiger charge is -2.26. The quantitative estimate of drug-likeness (QED) is 0.686. The van der Waals surface area contributed by atoms with Crippen LogP contribution in [0.3, 0.4) is 0 Å². The average molecular weight is 393 g/mol. The van der Waals surface area contributed by atoms with Crippen LogP contribution >= 0.6 is 0 Å². The molecule has 0 aliphatic carbocycles. The maximum atomic E-state index is 14.2. The van der Waals surface area contributed by atoms with E-state index in [0.717, 1.165) is 17.3 Å². The molecule has 3 heterocycles. The number of nitrogens with zero attached hydrogens (tertiary/aromatic N) is 5. The Hall–Kier alpha value is -3.60. The van der Waals surface area contributed by atoms with Gasteiger partial charge in [0.1, 0.15) is 17.3 Å². The monoisotopic (exact) mass is 393 g/mol. The molecule has 1 aromatic carbocycles. The van der Waals surface area contributed by atoms with Gasteiger partial charge in [0.15, 0.2) is 0 Å². The second-order valence-electron chi connectivity index (χ2n) is 6.90. The fourth-order valence-electron chi connectivity index (χ4n) is 3.54. The number of pyridine rings is 1. The second-order valence-corrected chi connectivity index (χ2v) is 6.90. The van der Waals surface area contributed by atoms with Crippen molar-refractivity contribution in [2.24, 2.45) is 0 Å². The van der Waals surface area contributed by atoms with Gasteiger partial charge >= 0.3 is 0 Å². The Morgan fingerprint density at radius 1 is 1.28 bits per heavy atom. The van der Waals surface area contributed by atoms with Crippen LogP contribution in [-0.2, 0) is 24.3 Å². The van der Waals surface area contributed by atoms with E-state index in [2.05, 4.69) is 16.2 Å². The fourth-order valence-corrected chi connectivity index (χ4v) is 3.54. The molecule has 0 radical (unpaired) electrons. The molecule has 3 aromatic rings. The number of rotatable bonds is 3. The summed E-state index contributed by atoms with van der Waals surface area (Å²) < 4.78 is 29.1. The van der Waals surface area contributed by atoms with Crippen LogP contribution in [0.15, 0.2) is 36.5 Å². The fraction of sp³-hybridized carbons (Fsp3) is 0.238. The normalized spacial score (nSPS) is 13.1. The first kappa shape index (κ1) is 18.7. The van der Waals surface area contributed by atoms with E-state index in [1.165, 1.54) is 25.3 Å². The molecule has 0 fully saturated rings. The van der Waals surface area contributed by atoms with Crippen molar-refractivity contribution in [2.75, 3.05) is 6.54 Å². The highest BCUT2D eigenvalue weighted by molar-refractivity contribution is 5.74. The molecule has 0 bridgehead atoms. The molecule has 8 heteroatoms. The van der Waals surface area contributed by atoms with Gasteiger partial charge in [0.2, 0.25) is 5.91 Å². The number of aromatic nitrogens is 3. The Labute approximate surface area is 166 Å². The molecule has 0 N–H and O–H groups in total. The topological polar surface area (TPSA) is 74.8 Å². The van der Waals surface area contributed by atoms with Gasteiger partial charge in [-0.05, 0) is 18.2 Å². The lowest BCUT2D eigenvalue weighted by atomic mass is 10.0. The van der Waals surface area contributed by atoms with Crippen LogP contribution in [0.4, 0.5) is 8.78 Å². The Bertz CT molecular complexity index is 1150. The Balaban J connectivity index is 1.81. The van der Waals surface area contributed by atoms with E-state index in [0.29, 0.717) is 42.0 Å². The summed E-state index contributed by atoms with van der Waals surface area (Å²) in [6.07, 6.45) is 2.09. The molecule has 2 aromatic heterocycles. The average Bonchev–Trinajstić information content (AvgIpc) is 3.08. The number of carbonyl (C=O) groups excluding carboxylic acids is 1. The molecule has 1 amide bonds. The highest BCUT2D eigenvalue weighted by Gasteiger charge is 2.27. The zero-order chi connectivity index (χ0) is 20.5. The van der Waals surface area contributed by atoms with Crippen molar-refractivity contribution in [2.45, 2.75) is 26.4 Å². The van der Waals surface area contributed by atoms with E-state index in [-0.39, 0.29) is 12.5 Å². The van der Waals surface area contributed by atoms with Crippen LogP contribution in [0.5, 0.6) is 0 Å². The number of benzene rings is 1.